The van der Waals surface area contributed by atoms with E-state index in [1.807, 2.05) is 28.8 Å². The zero-order valence-corrected chi connectivity index (χ0v) is 18.7. The Balaban J connectivity index is 1.75. The summed E-state index contributed by atoms with van der Waals surface area (Å²) in [4.78, 5) is 24.7. The topological polar surface area (TPSA) is 95.3 Å². The summed E-state index contributed by atoms with van der Waals surface area (Å²) < 4.78 is 12.4. The standard InChI is InChI=1S/C23H24N4O4S/c1-4-14-27-21(17-11-7-9-13-19(17)30-3)25-26-23(27)32-15-20(28)24-18-12-8-6-10-16(18)22(29)31-5-2/h4,6-13H,1,5,14-15H2,2-3H3,(H,24,28). The van der Waals surface area contributed by atoms with Gasteiger partial charge in [0.2, 0.25) is 5.91 Å². The van der Waals surface area contributed by atoms with Crippen LogP contribution >= 0.6 is 11.8 Å². The molecule has 0 aliphatic heterocycles. The maximum atomic E-state index is 12.6. The van der Waals surface area contributed by atoms with Crippen LogP contribution in [0.3, 0.4) is 0 Å². The molecule has 0 spiro atoms. The maximum absolute atomic E-state index is 12.6. The van der Waals surface area contributed by atoms with E-state index in [-0.39, 0.29) is 18.3 Å². The summed E-state index contributed by atoms with van der Waals surface area (Å²) in [7, 11) is 1.60. The Morgan fingerprint density at radius 2 is 1.91 bits per heavy atom. The van der Waals surface area contributed by atoms with E-state index >= 15 is 0 Å². The van der Waals surface area contributed by atoms with Crippen LogP contribution in [0.5, 0.6) is 5.75 Å². The molecule has 32 heavy (non-hydrogen) atoms. The number of carbonyl (C=O) groups is 2. The summed E-state index contributed by atoms with van der Waals surface area (Å²) in [6.45, 7) is 6.26. The summed E-state index contributed by atoms with van der Waals surface area (Å²) in [5.74, 6) is 0.619. The van der Waals surface area contributed by atoms with Gasteiger partial charge < -0.3 is 14.8 Å². The molecule has 166 valence electrons. The Bertz CT molecular complexity index is 1110. The first-order valence-corrected chi connectivity index (χ1v) is 10.9. The van der Waals surface area contributed by atoms with Crippen molar-refractivity contribution in [2.45, 2.75) is 18.6 Å². The van der Waals surface area contributed by atoms with Crippen molar-refractivity contribution >= 4 is 29.3 Å². The molecule has 0 unspecified atom stereocenters. The van der Waals surface area contributed by atoms with Crippen molar-refractivity contribution in [3.05, 3.63) is 66.7 Å². The molecule has 0 atom stereocenters. The molecular formula is C23H24N4O4S. The number of methoxy groups -OCH3 is 1. The van der Waals surface area contributed by atoms with E-state index in [0.717, 1.165) is 5.56 Å². The fourth-order valence-corrected chi connectivity index (χ4v) is 3.76. The molecule has 3 aromatic rings. The molecule has 1 N–H and O–H groups in total. The number of benzene rings is 2. The third-order valence-corrected chi connectivity index (χ3v) is 5.37. The molecule has 1 heterocycles. The second-order valence-electron chi connectivity index (χ2n) is 6.51. The van der Waals surface area contributed by atoms with Crippen molar-refractivity contribution < 1.29 is 19.1 Å². The summed E-state index contributed by atoms with van der Waals surface area (Å²) >= 11 is 1.24. The predicted octanol–water partition coefficient (Wildman–Crippen LogP) is 4.05. The Hall–Kier alpha value is -3.59. The number of thioether (sulfide) groups is 1. The normalized spacial score (nSPS) is 10.4. The van der Waals surface area contributed by atoms with E-state index < -0.39 is 5.97 Å². The minimum atomic E-state index is -0.483. The lowest BCUT2D eigenvalue weighted by molar-refractivity contribution is -0.113. The summed E-state index contributed by atoms with van der Waals surface area (Å²) in [6.07, 6.45) is 1.74. The van der Waals surface area contributed by atoms with Crippen molar-refractivity contribution in [2.24, 2.45) is 0 Å². The van der Waals surface area contributed by atoms with E-state index in [4.69, 9.17) is 9.47 Å². The van der Waals surface area contributed by atoms with Gasteiger partial charge in [-0.3, -0.25) is 9.36 Å². The third kappa shape index (κ3) is 5.36. The van der Waals surface area contributed by atoms with Crippen LogP contribution in [0.1, 0.15) is 17.3 Å². The molecule has 3 rings (SSSR count). The van der Waals surface area contributed by atoms with E-state index in [0.29, 0.717) is 34.5 Å². The van der Waals surface area contributed by atoms with Crippen LogP contribution in [0.25, 0.3) is 11.4 Å². The first kappa shape index (κ1) is 23.1. The second-order valence-corrected chi connectivity index (χ2v) is 7.45. The molecule has 0 aliphatic rings. The minimum absolute atomic E-state index is 0.0817. The van der Waals surface area contributed by atoms with Crippen LogP contribution in [0.4, 0.5) is 5.69 Å². The van der Waals surface area contributed by atoms with Gasteiger partial charge in [0.05, 0.1) is 36.3 Å². The fraction of sp³-hybridized carbons (Fsp3) is 0.217. The highest BCUT2D eigenvalue weighted by atomic mass is 32.2. The van der Waals surface area contributed by atoms with Gasteiger partial charge in [0.15, 0.2) is 11.0 Å². The molecule has 1 aromatic heterocycles. The number of aromatic nitrogens is 3. The monoisotopic (exact) mass is 452 g/mol. The lowest BCUT2D eigenvalue weighted by Crippen LogP contribution is -2.17. The van der Waals surface area contributed by atoms with Gasteiger partial charge in [-0.1, -0.05) is 42.1 Å². The highest BCUT2D eigenvalue weighted by Gasteiger charge is 2.19. The lowest BCUT2D eigenvalue weighted by atomic mass is 10.2. The molecule has 8 nitrogen and oxygen atoms in total. The molecule has 0 radical (unpaired) electrons. The van der Waals surface area contributed by atoms with Crippen molar-refractivity contribution in [3.63, 3.8) is 0 Å². The number of esters is 1. The molecule has 0 fully saturated rings. The molecule has 0 aliphatic carbocycles. The number of carbonyl (C=O) groups excluding carboxylic acids is 2. The van der Waals surface area contributed by atoms with Gasteiger partial charge in [-0.25, -0.2) is 4.79 Å². The number of anilines is 1. The predicted molar refractivity (Wildman–Crippen MR) is 124 cm³/mol. The highest BCUT2D eigenvalue weighted by molar-refractivity contribution is 7.99. The van der Waals surface area contributed by atoms with Gasteiger partial charge in [-0.15, -0.1) is 16.8 Å². The van der Waals surface area contributed by atoms with Crippen molar-refractivity contribution in [3.8, 4) is 17.1 Å². The second kappa shape index (κ2) is 11.1. The molecule has 0 saturated carbocycles. The number of rotatable bonds is 10. The van der Waals surface area contributed by atoms with Crippen LogP contribution in [0, 0.1) is 0 Å². The Morgan fingerprint density at radius 1 is 1.16 bits per heavy atom. The van der Waals surface area contributed by atoms with Crippen LogP contribution in [-0.2, 0) is 16.1 Å². The lowest BCUT2D eigenvalue weighted by Gasteiger charge is -2.11. The average Bonchev–Trinajstić information content (AvgIpc) is 3.20. The van der Waals surface area contributed by atoms with E-state index in [9.17, 15) is 9.59 Å². The zero-order chi connectivity index (χ0) is 22.9. The number of nitrogens with one attached hydrogen (secondary N) is 1. The van der Waals surface area contributed by atoms with Gasteiger partial charge in [-0.2, -0.15) is 0 Å². The van der Waals surface area contributed by atoms with E-state index in [1.165, 1.54) is 11.8 Å². The molecule has 0 saturated heterocycles. The van der Waals surface area contributed by atoms with Crippen LogP contribution in [0.15, 0.2) is 66.3 Å². The average molecular weight is 453 g/mol. The number of nitrogens with zero attached hydrogens (tertiary/aromatic N) is 3. The van der Waals surface area contributed by atoms with Gasteiger partial charge in [0, 0.05) is 6.54 Å². The molecule has 1 amide bonds. The summed E-state index contributed by atoms with van der Waals surface area (Å²) in [6, 6.07) is 14.3. The Morgan fingerprint density at radius 3 is 2.66 bits per heavy atom. The summed E-state index contributed by atoms with van der Waals surface area (Å²) in [5.41, 5.74) is 1.50. The number of amides is 1. The first-order chi connectivity index (χ1) is 15.6. The molecule has 9 heteroatoms. The van der Waals surface area contributed by atoms with Gasteiger partial charge in [0.1, 0.15) is 5.75 Å². The van der Waals surface area contributed by atoms with Crippen LogP contribution < -0.4 is 10.1 Å². The smallest absolute Gasteiger partial charge is 0.340 e. The van der Waals surface area contributed by atoms with Gasteiger partial charge >= 0.3 is 5.97 Å². The largest absolute Gasteiger partial charge is 0.496 e. The maximum Gasteiger partial charge on any atom is 0.340 e. The Kier molecular flexibility index (Phi) is 8.04. The first-order valence-electron chi connectivity index (χ1n) is 9.95. The van der Waals surface area contributed by atoms with E-state index in [2.05, 4.69) is 22.1 Å². The molecule has 2 aromatic carbocycles. The highest BCUT2D eigenvalue weighted by Crippen LogP contribution is 2.31. The van der Waals surface area contributed by atoms with Crippen molar-refractivity contribution in [1.82, 2.24) is 14.8 Å². The number of ether oxygens (including phenoxy) is 2. The number of para-hydroxylation sites is 2. The van der Waals surface area contributed by atoms with E-state index in [1.54, 1.807) is 44.4 Å². The van der Waals surface area contributed by atoms with Gasteiger partial charge in [-0.05, 0) is 31.2 Å². The van der Waals surface area contributed by atoms with Crippen molar-refractivity contribution in [2.75, 3.05) is 24.8 Å². The fourth-order valence-electron chi connectivity index (χ4n) is 3.01. The van der Waals surface area contributed by atoms with Crippen LogP contribution in [-0.4, -0.2) is 46.1 Å². The van der Waals surface area contributed by atoms with Crippen molar-refractivity contribution in [1.29, 1.82) is 0 Å². The number of hydrogen-bond donors (Lipinski definition) is 1. The number of allylic oxidation sites excluding steroid dienone is 1. The minimum Gasteiger partial charge on any atom is -0.496 e. The van der Waals surface area contributed by atoms with Gasteiger partial charge in [0.25, 0.3) is 0 Å². The zero-order valence-electron chi connectivity index (χ0n) is 17.9. The van der Waals surface area contributed by atoms with Crippen LogP contribution in [0.2, 0.25) is 0 Å². The molecular weight excluding hydrogens is 428 g/mol. The SMILES string of the molecule is C=CCn1c(SCC(=O)Nc2ccccc2C(=O)OCC)nnc1-c1ccccc1OC. The molecule has 0 bridgehead atoms. The quantitative estimate of drug-likeness (QED) is 0.282. The number of hydrogen-bond acceptors (Lipinski definition) is 7. The third-order valence-electron chi connectivity index (χ3n) is 4.41. The summed E-state index contributed by atoms with van der Waals surface area (Å²) in [5, 5.41) is 11.9. The Labute approximate surface area is 190 Å².